The molecule has 5 nitrogen and oxygen atoms in total. The maximum Gasteiger partial charge on any atom is 0.224 e. The van der Waals surface area contributed by atoms with Gasteiger partial charge in [-0.05, 0) is 37.1 Å². The summed E-state index contributed by atoms with van der Waals surface area (Å²) in [7, 11) is 1.66. The Labute approximate surface area is 139 Å². The number of rotatable bonds is 2. The van der Waals surface area contributed by atoms with E-state index in [1.165, 1.54) is 0 Å². The highest BCUT2D eigenvalue weighted by atomic mass is 35.5. The molecule has 1 aromatic carbocycles. The number of hydrogen-bond donors (Lipinski definition) is 1. The van der Waals surface area contributed by atoms with Crippen LogP contribution in [-0.2, 0) is 4.79 Å². The number of carbonyl (C=O) groups is 1. The van der Waals surface area contributed by atoms with Crippen LogP contribution in [0.4, 0.5) is 5.82 Å². The first kappa shape index (κ1) is 15.6. The molecule has 1 aliphatic heterocycles. The fourth-order valence-corrected chi connectivity index (χ4v) is 3.21. The van der Waals surface area contributed by atoms with Crippen LogP contribution in [0.1, 0.15) is 18.4 Å². The van der Waals surface area contributed by atoms with Crippen LogP contribution in [0.25, 0.3) is 10.9 Å². The molecule has 23 heavy (non-hydrogen) atoms. The molecule has 1 saturated heterocycles. The van der Waals surface area contributed by atoms with Gasteiger partial charge in [0.15, 0.2) is 0 Å². The SMILES string of the molecule is CNC(=O)[C@H]1CCCN(c2cc(C#N)c3cc(Cl)ccc3n2)C1. The van der Waals surface area contributed by atoms with Gasteiger partial charge in [0.05, 0.1) is 23.1 Å². The summed E-state index contributed by atoms with van der Waals surface area (Å²) in [6, 6.07) is 9.35. The highest BCUT2D eigenvalue weighted by Crippen LogP contribution is 2.28. The van der Waals surface area contributed by atoms with E-state index in [0.29, 0.717) is 17.1 Å². The number of fused-ring (bicyclic) bond motifs is 1. The first-order valence-corrected chi connectivity index (χ1v) is 7.97. The molecule has 1 N–H and O–H groups in total. The average molecular weight is 329 g/mol. The van der Waals surface area contributed by atoms with Crippen molar-refractivity contribution in [3.8, 4) is 6.07 Å². The zero-order valence-corrected chi connectivity index (χ0v) is 13.6. The predicted molar refractivity (Wildman–Crippen MR) is 90.5 cm³/mol. The van der Waals surface area contributed by atoms with Crippen LogP contribution in [0.15, 0.2) is 24.3 Å². The van der Waals surface area contributed by atoms with Crippen molar-refractivity contribution < 1.29 is 4.79 Å². The molecule has 2 aromatic rings. The van der Waals surface area contributed by atoms with Crippen molar-refractivity contribution in [3.05, 3.63) is 34.9 Å². The summed E-state index contributed by atoms with van der Waals surface area (Å²) in [4.78, 5) is 18.6. The zero-order chi connectivity index (χ0) is 16.4. The van der Waals surface area contributed by atoms with E-state index in [0.717, 1.165) is 36.1 Å². The van der Waals surface area contributed by atoms with Gasteiger partial charge in [-0.15, -0.1) is 0 Å². The average Bonchev–Trinajstić information content (AvgIpc) is 2.60. The number of halogens is 1. The maximum atomic E-state index is 11.9. The molecule has 1 aromatic heterocycles. The molecule has 6 heteroatoms. The molecular formula is C17H17ClN4O. The van der Waals surface area contributed by atoms with Crippen molar-refractivity contribution in [2.75, 3.05) is 25.0 Å². The molecule has 0 radical (unpaired) electrons. The Morgan fingerprint density at radius 3 is 3.04 bits per heavy atom. The second-order valence-corrected chi connectivity index (χ2v) is 6.14. The molecule has 1 fully saturated rings. The van der Waals surface area contributed by atoms with Crippen molar-refractivity contribution in [2.45, 2.75) is 12.8 Å². The van der Waals surface area contributed by atoms with Gasteiger partial charge in [-0.25, -0.2) is 4.98 Å². The molecule has 0 saturated carbocycles. The van der Waals surface area contributed by atoms with E-state index in [2.05, 4.69) is 21.3 Å². The van der Waals surface area contributed by atoms with E-state index in [4.69, 9.17) is 11.6 Å². The number of benzene rings is 1. The molecule has 0 spiro atoms. The lowest BCUT2D eigenvalue weighted by atomic mass is 9.97. The number of nitrogens with one attached hydrogen (secondary N) is 1. The Balaban J connectivity index is 1.98. The number of amides is 1. The van der Waals surface area contributed by atoms with Crippen LogP contribution in [0, 0.1) is 17.2 Å². The first-order valence-electron chi connectivity index (χ1n) is 7.59. The summed E-state index contributed by atoms with van der Waals surface area (Å²) >= 11 is 6.01. The van der Waals surface area contributed by atoms with Gasteiger partial charge in [-0.2, -0.15) is 5.26 Å². The summed E-state index contributed by atoms with van der Waals surface area (Å²) in [5.74, 6) is 0.759. The van der Waals surface area contributed by atoms with Crippen LogP contribution < -0.4 is 10.2 Å². The summed E-state index contributed by atoms with van der Waals surface area (Å²) in [5.41, 5.74) is 1.29. The maximum absolute atomic E-state index is 11.9. The van der Waals surface area contributed by atoms with E-state index >= 15 is 0 Å². The van der Waals surface area contributed by atoms with Gasteiger partial charge in [-0.3, -0.25) is 4.79 Å². The largest absolute Gasteiger partial charge is 0.359 e. The first-order chi connectivity index (χ1) is 11.1. The standard InChI is InChI=1S/C17H17ClN4O/c1-20-17(23)11-3-2-6-22(10-11)16-7-12(9-19)14-8-13(18)4-5-15(14)21-16/h4-5,7-8,11H,2-3,6,10H2,1H3,(H,20,23)/t11-/m0/s1. The van der Waals surface area contributed by atoms with Crippen molar-refractivity contribution in [1.29, 1.82) is 5.26 Å². The third-order valence-electron chi connectivity index (χ3n) is 4.24. The van der Waals surface area contributed by atoms with Crippen LogP contribution in [0.5, 0.6) is 0 Å². The number of piperidine rings is 1. The number of nitriles is 1. The number of carbonyl (C=O) groups excluding carboxylic acids is 1. The summed E-state index contributed by atoms with van der Waals surface area (Å²) < 4.78 is 0. The zero-order valence-electron chi connectivity index (χ0n) is 12.8. The monoisotopic (exact) mass is 328 g/mol. The van der Waals surface area contributed by atoms with E-state index in [1.807, 2.05) is 6.07 Å². The van der Waals surface area contributed by atoms with Crippen molar-refractivity contribution in [3.63, 3.8) is 0 Å². The van der Waals surface area contributed by atoms with E-state index in [1.54, 1.807) is 25.2 Å². The predicted octanol–water partition coefficient (Wildman–Crippen LogP) is 2.72. The van der Waals surface area contributed by atoms with Gasteiger partial charge in [0, 0.05) is 30.5 Å². The second kappa shape index (κ2) is 6.43. The second-order valence-electron chi connectivity index (χ2n) is 5.70. The molecule has 3 rings (SSSR count). The quantitative estimate of drug-likeness (QED) is 0.920. The van der Waals surface area contributed by atoms with Gasteiger partial charge in [-0.1, -0.05) is 11.6 Å². The van der Waals surface area contributed by atoms with Crippen molar-refractivity contribution in [2.24, 2.45) is 5.92 Å². The summed E-state index contributed by atoms with van der Waals surface area (Å²) in [5, 5.41) is 13.5. The lowest BCUT2D eigenvalue weighted by Crippen LogP contribution is -2.42. The normalized spacial score (nSPS) is 17.8. The van der Waals surface area contributed by atoms with Gasteiger partial charge in [0.2, 0.25) is 5.91 Å². The van der Waals surface area contributed by atoms with Crippen LogP contribution in [0.2, 0.25) is 5.02 Å². The number of aromatic nitrogens is 1. The number of nitrogens with zero attached hydrogens (tertiary/aromatic N) is 3. The van der Waals surface area contributed by atoms with Gasteiger partial charge < -0.3 is 10.2 Å². The molecule has 1 amide bonds. The Kier molecular flexibility index (Phi) is 4.35. The molecule has 0 bridgehead atoms. The van der Waals surface area contributed by atoms with Gasteiger partial charge in [0.25, 0.3) is 0 Å². The molecule has 1 aliphatic rings. The van der Waals surface area contributed by atoms with Gasteiger partial charge >= 0.3 is 0 Å². The Hall–Kier alpha value is -2.32. The molecule has 118 valence electrons. The Morgan fingerprint density at radius 1 is 1.48 bits per heavy atom. The third kappa shape index (κ3) is 3.08. The van der Waals surface area contributed by atoms with Crippen LogP contribution >= 0.6 is 11.6 Å². The van der Waals surface area contributed by atoms with Crippen LogP contribution in [0.3, 0.4) is 0 Å². The van der Waals surface area contributed by atoms with Crippen molar-refractivity contribution in [1.82, 2.24) is 10.3 Å². The van der Waals surface area contributed by atoms with E-state index in [9.17, 15) is 10.1 Å². The molecule has 0 aliphatic carbocycles. The summed E-state index contributed by atoms with van der Waals surface area (Å²) in [6.45, 7) is 1.46. The Bertz CT molecular complexity index is 799. The minimum atomic E-state index is -0.0398. The smallest absolute Gasteiger partial charge is 0.224 e. The lowest BCUT2D eigenvalue weighted by molar-refractivity contribution is -0.124. The van der Waals surface area contributed by atoms with E-state index in [-0.39, 0.29) is 11.8 Å². The lowest BCUT2D eigenvalue weighted by Gasteiger charge is -2.32. The fourth-order valence-electron chi connectivity index (χ4n) is 3.04. The molecule has 2 heterocycles. The highest BCUT2D eigenvalue weighted by Gasteiger charge is 2.26. The van der Waals surface area contributed by atoms with Crippen molar-refractivity contribution >= 4 is 34.2 Å². The summed E-state index contributed by atoms with van der Waals surface area (Å²) in [6.07, 6.45) is 1.81. The number of anilines is 1. The molecule has 1 atom stereocenters. The highest BCUT2D eigenvalue weighted by molar-refractivity contribution is 6.31. The van der Waals surface area contributed by atoms with Crippen LogP contribution in [-0.4, -0.2) is 31.0 Å². The number of hydrogen-bond acceptors (Lipinski definition) is 4. The topological polar surface area (TPSA) is 69.0 Å². The van der Waals surface area contributed by atoms with Gasteiger partial charge in [0.1, 0.15) is 5.82 Å². The minimum absolute atomic E-state index is 0.0398. The fraction of sp³-hybridized carbons (Fsp3) is 0.353. The Morgan fingerprint density at radius 2 is 2.30 bits per heavy atom. The van der Waals surface area contributed by atoms with E-state index < -0.39 is 0 Å². The number of pyridine rings is 1. The molecular weight excluding hydrogens is 312 g/mol. The third-order valence-corrected chi connectivity index (χ3v) is 4.48. The minimum Gasteiger partial charge on any atom is -0.359 e. The molecule has 0 unspecified atom stereocenters.